The van der Waals surface area contributed by atoms with E-state index in [2.05, 4.69) is 20.6 Å². The van der Waals surface area contributed by atoms with Gasteiger partial charge in [0.15, 0.2) is 5.13 Å². The summed E-state index contributed by atoms with van der Waals surface area (Å²) in [5, 5.41) is 6.69. The van der Waals surface area contributed by atoms with Crippen LogP contribution < -0.4 is 10.6 Å². The molecule has 0 radical (unpaired) electrons. The van der Waals surface area contributed by atoms with Crippen LogP contribution in [0.25, 0.3) is 0 Å². The Bertz CT molecular complexity index is 622. The van der Waals surface area contributed by atoms with Crippen LogP contribution in [0.2, 0.25) is 5.02 Å². The van der Waals surface area contributed by atoms with Crippen LogP contribution in [0.4, 0.5) is 10.9 Å². The number of halogens is 1. The van der Waals surface area contributed by atoms with Gasteiger partial charge in [-0.25, -0.2) is 9.97 Å². The van der Waals surface area contributed by atoms with E-state index in [-0.39, 0.29) is 5.91 Å². The first-order chi connectivity index (χ1) is 9.51. The molecule has 0 atom stereocenters. The van der Waals surface area contributed by atoms with E-state index >= 15 is 0 Å². The molecular weight excluding hydrogens is 296 g/mol. The number of aromatic nitrogens is 2. The number of rotatable bonds is 4. The summed E-state index contributed by atoms with van der Waals surface area (Å²) in [4.78, 5) is 21.7. The van der Waals surface area contributed by atoms with Crippen molar-refractivity contribution in [2.45, 2.75) is 20.8 Å². The van der Waals surface area contributed by atoms with Crippen molar-refractivity contribution < 1.29 is 4.79 Å². The Labute approximate surface area is 126 Å². The van der Waals surface area contributed by atoms with Crippen molar-refractivity contribution in [2.75, 3.05) is 17.2 Å². The lowest BCUT2D eigenvalue weighted by Crippen LogP contribution is -2.13. The lowest BCUT2D eigenvalue weighted by molar-refractivity contribution is 0.102. The summed E-state index contributed by atoms with van der Waals surface area (Å²) in [6, 6.07) is 1.63. The van der Waals surface area contributed by atoms with Crippen LogP contribution in [0.3, 0.4) is 0 Å². The van der Waals surface area contributed by atoms with Gasteiger partial charge in [-0.3, -0.25) is 10.1 Å². The number of hydrogen-bond acceptors (Lipinski definition) is 5. The molecule has 0 bridgehead atoms. The number of hydrogen-bond donors (Lipinski definition) is 2. The van der Waals surface area contributed by atoms with Crippen LogP contribution >= 0.6 is 22.9 Å². The average Bonchev–Trinajstić information content (AvgIpc) is 2.70. The highest BCUT2D eigenvalue weighted by Gasteiger charge is 2.14. The summed E-state index contributed by atoms with van der Waals surface area (Å²) < 4.78 is 0. The lowest BCUT2D eigenvalue weighted by atomic mass is 10.2. The third-order valence-corrected chi connectivity index (χ3v) is 4.00. The number of carbonyl (C=O) groups is 1. The smallest absolute Gasteiger partial charge is 0.259 e. The monoisotopic (exact) mass is 310 g/mol. The van der Waals surface area contributed by atoms with Crippen LogP contribution in [-0.4, -0.2) is 22.4 Å². The molecule has 0 aliphatic heterocycles. The van der Waals surface area contributed by atoms with Crippen LogP contribution in [0.5, 0.6) is 0 Å². The highest BCUT2D eigenvalue weighted by molar-refractivity contribution is 7.15. The van der Waals surface area contributed by atoms with E-state index in [1.165, 1.54) is 17.5 Å². The summed E-state index contributed by atoms with van der Waals surface area (Å²) in [7, 11) is 0. The summed E-state index contributed by atoms with van der Waals surface area (Å²) in [5.41, 5.74) is 1.29. The van der Waals surface area contributed by atoms with Crippen molar-refractivity contribution in [3.05, 3.63) is 33.4 Å². The summed E-state index contributed by atoms with van der Waals surface area (Å²) in [6.45, 7) is 6.55. The Morgan fingerprint density at radius 3 is 2.80 bits per heavy atom. The van der Waals surface area contributed by atoms with Gasteiger partial charge in [-0.15, -0.1) is 11.3 Å². The number of pyridine rings is 1. The molecular formula is C13H15ClN4OS. The molecule has 0 aliphatic carbocycles. The third-order valence-electron chi connectivity index (χ3n) is 2.71. The Balaban J connectivity index is 2.22. The predicted molar refractivity (Wildman–Crippen MR) is 83.0 cm³/mol. The molecule has 0 saturated carbocycles. The van der Waals surface area contributed by atoms with Crippen molar-refractivity contribution in [2.24, 2.45) is 0 Å². The molecule has 2 N–H and O–H groups in total. The van der Waals surface area contributed by atoms with E-state index in [4.69, 9.17) is 11.6 Å². The largest absolute Gasteiger partial charge is 0.370 e. The minimum absolute atomic E-state index is 0.287. The number of carbonyl (C=O) groups excluding carboxylic acids is 1. The molecule has 2 rings (SSSR count). The van der Waals surface area contributed by atoms with Gasteiger partial charge in [-0.2, -0.15) is 0 Å². The lowest BCUT2D eigenvalue weighted by Gasteiger charge is -2.07. The van der Waals surface area contributed by atoms with E-state index in [0.717, 1.165) is 17.1 Å². The highest BCUT2D eigenvalue weighted by Crippen LogP contribution is 2.24. The second-order valence-electron chi connectivity index (χ2n) is 4.19. The van der Waals surface area contributed by atoms with Crippen molar-refractivity contribution >= 4 is 39.8 Å². The fourth-order valence-corrected chi connectivity index (χ4v) is 2.58. The minimum Gasteiger partial charge on any atom is -0.370 e. The molecule has 0 aliphatic rings. The molecule has 0 unspecified atom stereocenters. The van der Waals surface area contributed by atoms with Crippen molar-refractivity contribution in [3.63, 3.8) is 0 Å². The number of aryl methyl sites for hydroxylation is 2. The quantitative estimate of drug-likeness (QED) is 0.907. The molecule has 2 aromatic rings. The average molecular weight is 311 g/mol. The van der Waals surface area contributed by atoms with Gasteiger partial charge in [0.05, 0.1) is 16.3 Å². The fraction of sp³-hybridized carbons (Fsp3) is 0.308. The van der Waals surface area contributed by atoms with Gasteiger partial charge >= 0.3 is 0 Å². The fourth-order valence-electron chi connectivity index (χ4n) is 1.58. The second kappa shape index (κ2) is 6.19. The van der Waals surface area contributed by atoms with Crippen LogP contribution in [0.15, 0.2) is 12.3 Å². The zero-order valence-corrected chi connectivity index (χ0v) is 13.0. The summed E-state index contributed by atoms with van der Waals surface area (Å²) in [6.07, 6.45) is 1.47. The van der Waals surface area contributed by atoms with E-state index in [9.17, 15) is 4.79 Å². The van der Waals surface area contributed by atoms with Crippen LogP contribution in [0.1, 0.15) is 27.9 Å². The molecule has 1 amide bonds. The van der Waals surface area contributed by atoms with Gasteiger partial charge in [0.25, 0.3) is 5.91 Å². The Morgan fingerprint density at radius 1 is 1.45 bits per heavy atom. The molecule has 2 heterocycles. The van der Waals surface area contributed by atoms with Gasteiger partial charge in [-0.05, 0) is 26.8 Å². The van der Waals surface area contributed by atoms with Crippen molar-refractivity contribution in [1.82, 2.24) is 9.97 Å². The number of nitrogens with zero attached hydrogens (tertiary/aromatic N) is 2. The normalized spacial score (nSPS) is 10.4. The van der Waals surface area contributed by atoms with Gasteiger partial charge in [0, 0.05) is 17.6 Å². The van der Waals surface area contributed by atoms with Crippen LogP contribution in [0, 0.1) is 13.8 Å². The molecule has 5 nitrogen and oxygen atoms in total. The number of anilines is 2. The van der Waals surface area contributed by atoms with Crippen LogP contribution in [-0.2, 0) is 0 Å². The SMILES string of the molecule is CCNc1cc(C(=O)Nc2nc(C)c(C)s2)c(Cl)cn1. The Hall–Kier alpha value is -1.66. The first-order valence-corrected chi connectivity index (χ1v) is 7.35. The summed E-state index contributed by atoms with van der Waals surface area (Å²) >= 11 is 7.47. The molecule has 7 heteroatoms. The number of nitrogens with one attached hydrogen (secondary N) is 2. The number of amides is 1. The minimum atomic E-state index is -0.287. The van der Waals surface area contributed by atoms with E-state index in [0.29, 0.717) is 21.5 Å². The third kappa shape index (κ3) is 3.26. The molecule has 0 spiro atoms. The maximum atomic E-state index is 12.2. The van der Waals surface area contributed by atoms with E-state index in [1.807, 2.05) is 20.8 Å². The second-order valence-corrected chi connectivity index (χ2v) is 5.80. The molecule has 2 aromatic heterocycles. The molecule has 0 aromatic carbocycles. The maximum absolute atomic E-state index is 12.2. The standard InChI is InChI=1S/C13H15ClN4OS/c1-4-15-11-5-9(10(14)6-16-11)12(19)18-13-17-7(2)8(3)20-13/h5-6H,4H2,1-3H3,(H,15,16)(H,17,18,19). The van der Waals surface area contributed by atoms with Crippen molar-refractivity contribution in [1.29, 1.82) is 0 Å². The number of thiazole rings is 1. The van der Waals surface area contributed by atoms with E-state index in [1.54, 1.807) is 6.07 Å². The predicted octanol–water partition coefficient (Wildman–Crippen LogP) is 3.49. The topological polar surface area (TPSA) is 66.9 Å². The van der Waals surface area contributed by atoms with Gasteiger partial charge in [0.1, 0.15) is 5.82 Å². The first kappa shape index (κ1) is 14.7. The Morgan fingerprint density at radius 2 is 2.20 bits per heavy atom. The molecule has 0 saturated heterocycles. The highest BCUT2D eigenvalue weighted by atomic mass is 35.5. The molecule has 20 heavy (non-hydrogen) atoms. The van der Waals surface area contributed by atoms with Gasteiger partial charge in [-0.1, -0.05) is 11.6 Å². The van der Waals surface area contributed by atoms with Crippen molar-refractivity contribution in [3.8, 4) is 0 Å². The molecule has 0 fully saturated rings. The Kier molecular flexibility index (Phi) is 4.57. The van der Waals surface area contributed by atoms with E-state index < -0.39 is 0 Å². The zero-order chi connectivity index (χ0) is 14.7. The zero-order valence-electron chi connectivity index (χ0n) is 11.5. The van der Waals surface area contributed by atoms with Gasteiger partial charge in [0.2, 0.25) is 0 Å². The maximum Gasteiger partial charge on any atom is 0.259 e. The van der Waals surface area contributed by atoms with Gasteiger partial charge < -0.3 is 5.32 Å². The first-order valence-electron chi connectivity index (χ1n) is 6.16. The summed E-state index contributed by atoms with van der Waals surface area (Å²) in [5.74, 6) is 0.332. The molecule has 106 valence electrons.